The number of aliphatic carboxylic acids is 1. The molecular formula is C19H17FN2O4. The second-order valence-corrected chi connectivity index (χ2v) is 6.10. The van der Waals surface area contributed by atoms with E-state index >= 15 is 0 Å². The van der Waals surface area contributed by atoms with Crippen molar-refractivity contribution in [3.05, 3.63) is 65.0 Å². The predicted octanol–water partition coefficient (Wildman–Crippen LogP) is 2.66. The van der Waals surface area contributed by atoms with Gasteiger partial charge in [-0.3, -0.25) is 14.4 Å². The first-order valence-corrected chi connectivity index (χ1v) is 8.13. The van der Waals surface area contributed by atoms with E-state index in [0.29, 0.717) is 29.7 Å². The quantitative estimate of drug-likeness (QED) is 0.767. The molecule has 1 heterocycles. The van der Waals surface area contributed by atoms with Gasteiger partial charge in [0, 0.05) is 17.7 Å². The number of amides is 2. The minimum Gasteiger partial charge on any atom is -0.481 e. The van der Waals surface area contributed by atoms with E-state index in [9.17, 15) is 18.8 Å². The molecule has 0 saturated carbocycles. The Balaban J connectivity index is 1.80. The van der Waals surface area contributed by atoms with Crippen LogP contribution in [0.1, 0.15) is 40.4 Å². The highest BCUT2D eigenvalue weighted by molar-refractivity contribution is 5.98. The first-order valence-electron chi connectivity index (χ1n) is 8.13. The summed E-state index contributed by atoms with van der Waals surface area (Å²) in [6.45, 7) is 0. The highest BCUT2D eigenvalue weighted by Crippen LogP contribution is 2.24. The molecule has 0 radical (unpaired) electrons. The van der Waals surface area contributed by atoms with Crippen LogP contribution in [0.15, 0.2) is 42.5 Å². The Hall–Kier alpha value is -3.22. The fourth-order valence-electron chi connectivity index (χ4n) is 2.89. The van der Waals surface area contributed by atoms with E-state index in [1.54, 1.807) is 18.2 Å². The summed E-state index contributed by atoms with van der Waals surface area (Å²) in [5.41, 5.74) is 2.41. The lowest BCUT2D eigenvalue weighted by Gasteiger charge is -2.20. The van der Waals surface area contributed by atoms with Gasteiger partial charge >= 0.3 is 5.97 Å². The van der Waals surface area contributed by atoms with Crippen LogP contribution in [-0.2, 0) is 16.0 Å². The van der Waals surface area contributed by atoms with Crippen LogP contribution in [0.25, 0.3) is 0 Å². The van der Waals surface area contributed by atoms with Gasteiger partial charge in [-0.05, 0) is 47.9 Å². The van der Waals surface area contributed by atoms with Gasteiger partial charge in [0.15, 0.2) is 0 Å². The van der Waals surface area contributed by atoms with E-state index in [4.69, 9.17) is 5.11 Å². The zero-order chi connectivity index (χ0) is 18.7. The number of hydrogen-bond acceptors (Lipinski definition) is 3. The van der Waals surface area contributed by atoms with Crippen LogP contribution in [0, 0.1) is 5.82 Å². The number of nitrogens with one attached hydrogen (secondary N) is 2. The minimum absolute atomic E-state index is 0.0625. The number of aryl methyl sites for hydroxylation is 1. The minimum atomic E-state index is -1.08. The first kappa shape index (κ1) is 17.6. The average molecular weight is 356 g/mol. The van der Waals surface area contributed by atoms with Crippen molar-refractivity contribution in [1.29, 1.82) is 0 Å². The Morgan fingerprint density at radius 3 is 2.58 bits per heavy atom. The molecule has 1 unspecified atom stereocenters. The Morgan fingerprint density at radius 2 is 1.88 bits per heavy atom. The Labute approximate surface area is 149 Å². The van der Waals surface area contributed by atoms with Crippen molar-refractivity contribution in [2.75, 3.05) is 5.32 Å². The second-order valence-electron chi connectivity index (χ2n) is 6.10. The molecule has 0 bridgehead atoms. The number of anilines is 1. The molecule has 0 spiro atoms. The summed E-state index contributed by atoms with van der Waals surface area (Å²) < 4.78 is 13.1. The molecule has 3 N–H and O–H groups in total. The number of carbonyl (C=O) groups is 3. The monoisotopic (exact) mass is 356 g/mol. The number of carboxylic acids is 1. The van der Waals surface area contributed by atoms with Crippen molar-refractivity contribution < 1.29 is 23.9 Å². The summed E-state index contributed by atoms with van der Waals surface area (Å²) >= 11 is 0. The molecule has 0 saturated heterocycles. The molecule has 1 aliphatic rings. The van der Waals surface area contributed by atoms with E-state index in [-0.39, 0.29) is 12.3 Å². The highest BCUT2D eigenvalue weighted by atomic mass is 19.1. The van der Waals surface area contributed by atoms with E-state index in [2.05, 4.69) is 10.6 Å². The maximum Gasteiger partial charge on any atom is 0.305 e. The number of fused-ring (bicyclic) bond motifs is 1. The normalized spacial score (nSPS) is 14.1. The molecule has 3 rings (SSSR count). The SMILES string of the molecule is O=C(O)CC(NC(=O)c1ccc2c(c1)CCC(=O)N2)c1ccc(F)cc1. The van der Waals surface area contributed by atoms with Crippen LogP contribution in [0.3, 0.4) is 0 Å². The molecule has 2 amide bonds. The van der Waals surface area contributed by atoms with Gasteiger partial charge in [-0.25, -0.2) is 4.39 Å². The molecule has 26 heavy (non-hydrogen) atoms. The van der Waals surface area contributed by atoms with Crippen molar-refractivity contribution in [2.45, 2.75) is 25.3 Å². The lowest BCUT2D eigenvalue weighted by Crippen LogP contribution is -2.30. The molecule has 2 aromatic rings. The summed E-state index contributed by atoms with van der Waals surface area (Å²) in [4.78, 5) is 35.1. The zero-order valence-corrected chi connectivity index (χ0v) is 13.8. The van der Waals surface area contributed by atoms with E-state index in [1.165, 1.54) is 24.3 Å². The van der Waals surface area contributed by atoms with Crippen LogP contribution >= 0.6 is 0 Å². The topological polar surface area (TPSA) is 95.5 Å². The summed E-state index contributed by atoms with van der Waals surface area (Å²) in [5, 5.41) is 14.5. The third-order valence-corrected chi connectivity index (χ3v) is 4.22. The number of carbonyl (C=O) groups excluding carboxylic acids is 2. The van der Waals surface area contributed by atoms with Crippen molar-refractivity contribution in [2.24, 2.45) is 0 Å². The van der Waals surface area contributed by atoms with Crippen molar-refractivity contribution in [1.82, 2.24) is 5.32 Å². The van der Waals surface area contributed by atoms with E-state index in [0.717, 1.165) is 5.56 Å². The van der Waals surface area contributed by atoms with E-state index < -0.39 is 23.7 Å². The molecular weight excluding hydrogens is 339 g/mol. The lowest BCUT2D eigenvalue weighted by atomic mass is 9.99. The van der Waals surface area contributed by atoms with Gasteiger partial charge < -0.3 is 15.7 Å². The standard InChI is InChI=1S/C19H17FN2O4/c20-14-5-1-11(2-6-14)16(10-18(24)25)22-19(26)13-3-7-15-12(9-13)4-8-17(23)21-15/h1-3,5-7,9,16H,4,8,10H2,(H,21,23)(H,22,26)(H,24,25). The van der Waals surface area contributed by atoms with Crippen LogP contribution < -0.4 is 10.6 Å². The molecule has 0 aliphatic carbocycles. The fourth-order valence-corrected chi connectivity index (χ4v) is 2.89. The molecule has 1 aliphatic heterocycles. The number of carboxylic acid groups (broad SMARTS) is 1. The largest absolute Gasteiger partial charge is 0.481 e. The van der Waals surface area contributed by atoms with Crippen molar-refractivity contribution in [3.8, 4) is 0 Å². The highest BCUT2D eigenvalue weighted by Gasteiger charge is 2.21. The summed E-state index contributed by atoms with van der Waals surface area (Å²) in [6, 6.07) is 9.48. The Morgan fingerprint density at radius 1 is 1.15 bits per heavy atom. The molecule has 2 aromatic carbocycles. The maximum atomic E-state index is 13.1. The molecule has 7 heteroatoms. The van der Waals surface area contributed by atoms with Gasteiger partial charge in [0.2, 0.25) is 5.91 Å². The number of benzene rings is 2. The van der Waals surface area contributed by atoms with Crippen molar-refractivity contribution in [3.63, 3.8) is 0 Å². The van der Waals surface area contributed by atoms with Gasteiger partial charge in [-0.2, -0.15) is 0 Å². The lowest BCUT2D eigenvalue weighted by molar-refractivity contribution is -0.137. The second kappa shape index (κ2) is 7.35. The van der Waals surface area contributed by atoms with Crippen LogP contribution in [0.5, 0.6) is 0 Å². The van der Waals surface area contributed by atoms with Gasteiger partial charge in [0.05, 0.1) is 12.5 Å². The average Bonchev–Trinajstić information content (AvgIpc) is 2.61. The number of rotatable bonds is 5. The van der Waals surface area contributed by atoms with Crippen LogP contribution in [0.2, 0.25) is 0 Å². The molecule has 134 valence electrons. The van der Waals surface area contributed by atoms with Gasteiger partial charge in [-0.15, -0.1) is 0 Å². The van der Waals surface area contributed by atoms with Crippen molar-refractivity contribution >= 4 is 23.5 Å². The summed E-state index contributed by atoms with van der Waals surface area (Å²) in [5.74, 6) is -2.01. The molecule has 6 nitrogen and oxygen atoms in total. The zero-order valence-electron chi connectivity index (χ0n) is 13.8. The molecule has 0 fully saturated rings. The summed E-state index contributed by atoms with van der Waals surface area (Å²) in [7, 11) is 0. The van der Waals surface area contributed by atoms with Gasteiger partial charge in [0.25, 0.3) is 5.91 Å². The Bertz CT molecular complexity index is 864. The van der Waals surface area contributed by atoms with Crippen LogP contribution in [-0.4, -0.2) is 22.9 Å². The molecule has 0 aromatic heterocycles. The summed E-state index contributed by atoms with van der Waals surface area (Å²) in [6.07, 6.45) is 0.576. The predicted molar refractivity (Wildman–Crippen MR) is 92.3 cm³/mol. The smallest absolute Gasteiger partial charge is 0.305 e. The third-order valence-electron chi connectivity index (χ3n) is 4.22. The van der Waals surface area contributed by atoms with Gasteiger partial charge in [-0.1, -0.05) is 12.1 Å². The molecule has 1 atom stereocenters. The fraction of sp³-hybridized carbons (Fsp3) is 0.211. The third kappa shape index (κ3) is 4.05. The van der Waals surface area contributed by atoms with E-state index in [1.807, 2.05) is 0 Å². The van der Waals surface area contributed by atoms with Crippen LogP contribution in [0.4, 0.5) is 10.1 Å². The van der Waals surface area contributed by atoms with Gasteiger partial charge in [0.1, 0.15) is 5.82 Å². The first-order chi connectivity index (χ1) is 12.4. The Kier molecular flexibility index (Phi) is 4.97. The number of halogens is 1. The number of hydrogen-bond donors (Lipinski definition) is 3. The maximum absolute atomic E-state index is 13.1.